The molecule has 54 valence electrons. The van der Waals surface area contributed by atoms with Gasteiger partial charge in [0.1, 0.15) is 0 Å². The molecule has 1 rings (SSSR count). The molecule has 0 spiro atoms. The molecular formula is C6H13NOS. The van der Waals surface area contributed by atoms with Gasteiger partial charge in [0.25, 0.3) is 0 Å². The second-order valence-electron chi connectivity index (χ2n) is 2.64. The summed E-state index contributed by atoms with van der Waals surface area (Å²) in [7, 11) is 0. The zero-order valence-corrected chi connectivity index (χ0v) is 6.23. The number of hydrogen-bond donors (Lipinski definition) is 2. The molecular weight excluding hydrogens is 134 g/mol. The molecule has 0 bridgehead atoms. The van der Waals surface area contributed by atoms with Crippen molar-refractivity contribution in [2.24, 2.45) is 5.73 Å². The van der Waals surface area contributed by atoms with Crippen molar-refractivity contribution >= 4 is 12.0 Å². The van der Waals surface area contributed by atoms with Crippen LogP contribution < -0.4 is 5.73 Å². The second kappa shape index (κ2) is 3.44. The fourth-order valence-electron chi connectivity index (χ4n) is 1.19. The Morgan fingerprint density at radius 1 is 1.22 bits per heavy atom. The maximum absolute atomic E-state index is 8.65. The first-order chi connectivity index (χ1) is 4.33. The van der Waals surface area contributed by atoms with Crippen LogP contribution in [0.4, 0.5) is 0 Å². The summed E-state index contributed by atoms with van der Waals surface area (Å²) in [5.74, 6) is 0. The van der Waals surface area contributed by atoms with Crippen molar-refractivity contribution in [3.8, 4) is 0 Å². The molecule has 9 heavy (non-hydrogen) atoms. The summed E-state index contributed by atoms with van der Waals surface area (Å²) in [6, 6.07) is 0.397. The van der Waals surface area contributed by atoms with Gasteiger partial charge in [-0.25, -0.2) is 0 Å². The third-order valence-corrected chi connectivity index (χ3v) is 2.64. The Morgan fingerprint density at radius 2 is 1.78 bits per heavy atom. The summed E-state index contributed by atoms with van der Waals surface area (Å²) in [6.45, 7) is 0. The minimum absolute atomic E-state index is 0.397. The van der Waals surface area contributed by atoms with Gasteiger partial charge in [-0.05, 0) is 37.7 Å². The molecule has 1 saturated carbocycles. The molecule has 0 aromatic carbocycles. The van der Waals surface area contributed by atoms with E-state index in [0.717, 1.165) is 37.7 Å². The Morgan fingerprint density at radius 3 is 2.22 bits per heavy atom. The molecule has 1 aliphatic rings. The summed E-state index contributed by atoms with van der Waals surface area (Å²) < 4.78 is 8.65. The minimum Gasteiger partial charge on any atom is -0.330 e. The highest BCUT2D eigenvalue weighted by molar-refractivity contribution is 7.94. The molecule has 0 aromatic rings. The molecule has 0 atom stereocenters. The van der Waals surface area contributed by atoms with Gasteiger partial charge >= 0.3 is 0 Å². The monoisotopic (exact) mass is 147 g/mol. The summed E-state index contributed by atoms with van der Waals surface area (Å²) in [4.78, 5) is 0. The molecule has 0 saturated heterocycles. The van der Waals surface area contributed by atoms with E-state index in [1.807, 2.05) is 0 Å². The first-order valence-electron chi connectivity index (χ1n) is 3.38. The summed E-state index contributed by atoms with van der Waals surface area (Å²) in [5.41, 5.74) is 5.66. The first-order valence-corrected chi connectivity index (χ1v) is 4.22. The fourth-order valence-corrected chi connectivity index (χ4v) is 1.68. The van der Waals surface area contributed by atoms with Crippen LogP contribution in [-0.4, -0.2) is 15.8 Å². The predicted molar refractivity (Wildman–Crippen MR) is 40.5 cm³/mol. The normalized spacial score (nSPS) is 36.7. The van der Waals surface area contributed by atoms with Crippen LogP contribution in [0.15, 0.2) is 0 Å². The molecule has 1 fully saturated rings. The molecule has 3 N–H and O–H groups in total. The molecule has 1 aliphatic carbocycles. The van der Waals surface area contributed by atoms with Gasteiger partial charge in [0.15, 0.2) is 0 Å². The lowest BCUT2D eigenvalue weighted by molar-refractivity contribution is 0.442. The number of rotatable bonds is 1. The second-order valence-corrected chi connectivity index (χ2v) is 3.52. The van der Waals surface area contributed by atoms with Gasteiger partial charge in [0, 0.05) is 11.3 Å². The molecule has 2 nitrogen and oxygen atoms in total. The third kappa shape index (κ3) is 2.16. The summed E-state index contributed by atoms with van der Waals surface area (Å²) in [5, 5.41) is 0.463. The lowest BCUT2D eigenvalue weighted by Gasteiger charge is -2.22. The quantitative estimate of drug-likeness (QED) is 0.552. The molecule has 0 unspecified atom stereocenters. The van der Waals surface area contributed by atoms with E-state index in [0.29, 0.717) is 11.3 Å². The average molecular weight is 147 g/mol. The van der Waals surface area contributed by atoms with Crippen LogP contribution in [0.3, 0.4) is 0 Å². The van der Waals surface area contributed by atoms with Crippen molar-refractivity contribution in [1.29, 1.82) is 0 Å². The molecule has 0 amide bonds. The molecule has 0 radical (unpaired) electrons. The average Bonchev–Trinajstić information content (AvgIpc) is 1.90. The van der Waals surface area contributed by atoms with Crippen molar-refractivity contribution in [3.63, 3.8) is 0 Å². The van der Waals surface area contributed by atoms with Crippen molar-refractivity contribution in [2.75, 3.05) is 0 Å². The van der Waals surface area contributed by atoms with E-state index in [4.69, 9.17) is 10.3 Å². The summed E-state index contributed by atoms with van der Waals surface area (Å²) in [6.07, 6.45) is 4.33. The van der Waals surface area contributed by atoms with E-state index in [1.165, 1.54) is 0 Å². The fraction of sp³-hybridized carbons (Fsp3) is 1.00. The standard InChI is InChI=1S/C6H13NOS/c7-5-1-3-6(9-8)4-2-5/h5-6,8H,1-4,7H2. The zero-order valence-electron chi connectivity index (χ0n) is 5.42. The van der Waals surface area contributed by atoms with Gasteiger partial charge in [0.05, 0.1) is 0 Å². The van der Waals surface area contributed by atoms with Crippen molar-refractivity contribution in [3.05, 3.63) is 0 Å². The maximum Gasteiger partial charge on any atom is 0.0309 e. The summed E-state index contributed by atoms with van der Waals surface area (Å²) >= 11 is 0.992. The van der Waals surface area contributed by atoms with Gasteiger partial charge in [-0.15, -0.1) is 0 Å². The van der Waals surface area contributed by atoms with E-state index < -0.39 is 0 Å². The van der Waals surface area contributed by atoms with Crippen LogP contribution in [0, 0.1) is 0 Å². The van der Waals surface area contributed by atoms with Crippen LogP contribution >= 0.6 is 12.0 Å². The highest BCUT2D eigenvalue weighted by Crippen LogP contribution is 2.25. The smallest absolute Gasteiger partial charge is 0.0309 e. The van der Waals surface area contributed by atoms with Crippen LogP contribution in [0.25, 0.3) is 0 Å². The van der Waals surface area contributed by atoms with Crippen LogP contribution in [0.2, 0.25) is 0 Å². The minimum atomic E-state index is 0.397. The van der Waals surface area contributed by atoms with Crippen molar-refractivity contribution in [2.45, 2.75) is 37.0 Å². The Hall–Kier alpha value is 0.270. The highest BCUT2D eigenvalue weighted by Gasteiger charge is 2.17. The third-order valence-electron chi connectivity index (χ3n) is 1.87. The first kappa shape index (κ1) is 7.38. The van der Waals surface area contributed by atoms with E-state index >= 15 is 0 Å². The van der Waals surface area contributed by atoms with Crippen LogP contribution in [0.5, 0.6) is 0 Å². The highest BCUT2D eigenvalue weighted by atomic mass is 32.2. The van der Waals surface area contributed by atoms with Crippen molar-refractivity contribution in [1.82, 2.24) is 0 Å². The van der Waals surface area contributed by atoms with Gasteiger partial charge in [-0.2, -0.15) is 0 Å². The predicted octanol–water partition coefficient (Wildman–Crippen LogP) is 1.46. The molecule has 0 heterocycles. The number of hydrogen-bond acceptors (Lipinski definition) is 3. The SMILES string of the molecule is NC1CCC(SO)CC1. The maximum atomic E-state index is 8.65. The lowest BCUT2D eigenvalue weighted by atomic mass is 9.96. The zero-order chi connectivity index (χ0) is 6.69. The van der Waals surface area contributed by atoms with Gasteiger partial charge in [-0.1, -0.05) is 0 Å². The van der Waals surface area contributed by atoms with Crippen molar-refractivity contribution < 1.29 is 4.55 Å². The molecule has 0 aliphatic heterocycles. The van der Waals surface area contributed by atoms with Gasteiger partial charge in [0.2, 0.25) is 0 Å². The largest absolute Gasteiger partial charge is 0.330 e. The Bertz CT molecular complexity index is 81.1. The topological polar surface area (TPSA) is 46.2 Å². The van der Waals surface area contributed by atoms with Gasteiger partial charge < -0.3 is 10.3 Å². The molecule has 0 aromatic heterocycles. The van der Waals surface area contributed by atoms with E-state index in [9.17, 15) is 0 Å². The molecule has 3 heteroatoms. The van der Waals surface area contributed by atoms with E-state index in [-0.39, 0.29) is 0 Å². The van der Waals surface area contributed by atoms with Gasteiger partial charge in [-0.3, -0.25) is 0 Å². The Kier molecular flexibility index (Phi) is 2.82. The Balaban J connectivity index is 2.18. The van der Waals surface area contributed by atoms with E-state index in [1.54, 1.807) is 0 Å². The van der Waals surface area contributed by atoms with Crippen LogP contribution in [-0.2, 0) is 0 Å². The van der Waals surface area contributed by atoms with E-state index in [2.05, 4.69) is 0 Å². The number of nitrogens with two attached hydrogens (primary N) is 1. The lowest BCUT2D eigenvalue weighted by Crippen LogP contribution is -2.27. The van der Waals surface area contributed by atoms with Crippen LogP contribution in [0.1, 0.15) is 25.7 Å². The Labute approximate surface area is 60.0 Å².